The van der Waals surface area contributed by atoms with Gasteiger partial charge in [0.15, 0.2) is 0 Å². The van der Waals surface area contributed by atoms with Gasteiger partial charge in [-0.3, -0.25) is 0 Å². The summed E-state index contributed by atoms with van der Waals surface area (Å²) in [6.07, 6.45) is 0.485. The van der Waals surface area contributed by atoms with Crippen LogP contribution in [0.25, 0.3) is 0 Å². The van der Waals surface area contributed by atoms with E-state index < -0.39 is 5.60 Å². The molecule has 0 aliphatic carbocycles. The SMILES string of the molecule is CCC(C)(C)OC(=O)N(C)[C@@H](C)CN. The molecule has 0 fully saturated rings. The van der Waals surface area contributed by atoms with Crippen LogP contribution in [0.4, 0.5) is 4.79 Å². The minimum atomic E-state index is -0.403. The van der Waals surface area contributed by atoms with Crippen molar-refractivity contribution in [2.45, 2.75) is 45.8 Å². The summed E-state index contributed by atoms with van der Waals surface area (Å²) in [5.74, 6) is 0. The average molecular weight is 202 g/mol. The van der Waals surface area contributed by atoms with Crippen molar-refractivity contribution in [2.75, 3.05) is 13.6 Å². The smallest absolute Gasteiger partial charge is 0.410 e. The summed E-state index contributed by atoms with van der Waals surface area (Å²) >= 11 is 0. The lowest BCUT2D eigenvalue weighted by molar-refractivity contribution is 0.0107. The van der Waals surface area contributed by atoms with Gasteiger partial charge in [-0.15, -0.1) is 0 Å². The van der Waals surface area contributed by atoms with Crippen molar-refractivity contribution in [3.63, 3.8) is 0 Å². The highest BCUT2D eigenvalue weighted by atomic mass is 16.6. The summed E-state index contributed by atoms with van der Waals surface area (Å²) in [6, 6.07) is 0.00940. The molecule has 0 aliphatic heterocycles. The molecule has 0 unspecified atom stereocenters. The third-order valence-electron chi connectivity index (χ3n) is 2.51. The van der Waals surface area contributed by atoms with Crippen molar-refractivity contribution in [3.05, 3.63) is 0 Å². The highest BCUT2D eigenvalue weighted by Gasteiger charge is 2.24. The zero-order valence-electron chi connectivity index (χ0n) is 9.83. The molecule has 0 aromatic heterocycles. The van der Waals surface area contributed by atoms with Gasteiger partial charge in [0.25, 0.3) is 0 Å². The highest BCUT2D eigenvalue weighted by Crippen LogP contribution is 2.15. The second-order valence-electron chi connectivity index (χ2n) is 4.18. The Morgan fingerprint density at radius 1 is 1.57 bits per heavy atom. The summed E-state index contributed by atoms with van der Waals surface area (Å²) in [6.45, 7) is 8.11. The van der Waals surface area contributed by atoms with Crippen LogP contribution < -0.4 is 5.73 Å². The van der Waals surface area contributed by atoms with E-state index >= 15 is 0 Å². The van der Waals surface area contributed by atoms with E-state index in [0.717, 1.165) is 6.42 Å². The Morgan fingerprint density at radius 3 is 2.43 bits per heavy atom. The van der Waals surface area contributed by atoms with Crippen molar-refractivity contribution in [2.24, 2.45) is 5.73 Å². The summed E-state index contributed by atoms with van der Waals surface area (Å²) in [5.41, 5.74) is 5.05. The quantitative estimate of drug-likeness (QED) is 0.753. The normalized spacial score (nSPS) is 13.6. The van der Waals surface area contributed by atoms with E-state index in [1.807, 2.05) is 27.7 Å². The zero-order chi connectivity index (χ0) is 11.4. The van der Waals surface area contributed by atoms with Crippen LogP contribution in [0.1, 0.15) is 34.1 Å². The fourth-order valence-corrected chi connectivity index (χ4v) is 0.719. The van der Waals surface area contributed by atoms with E-state index in [2.05, 4.69) is 0 Å². The molecule has 0 aromatic carbocycles. The highest BCUT2D eigenvalue weighted by molar-refractivity contribution is 5.68. The van der Waals surface area contributed by atoms with Gasteiger partial charge in [0.05, 0.1) is 0 Å². The Hall–Kier alpha value is -0.770. The number of carbonyl (C=O) groups excluding carboxylic acids is 1. The van der Waals surface area contributed by atoms with Crippen LogP contribution in [0.15, 0.2) is 0 Å². The third-order valence-corrected chi connectivity index (χ3v) is 2.51. The number of nitrogens with two attached hydrogens (primary N) is 1. The van der Waals surface area contributed by atoms with Crippen molar-refractivity contribution in [1.29, 1.82) is 0 Å². The van der Waals surface area contributed by atoms with Gasteiger partial charge in [0.2, 0.25) is 0 Å². The molecule has 0 radical (unpaired) electrons. The Balaban J connectivity index is 4.21. The number of rotatable bonds is 4. The van der Waals surface area contributed by atoms with Gasteiger partial charge in [-0.25, -0.2) is 4.79 Å². The van der Waals surface area contributed by atoms with E-state index in [0.29, 0.717) is 6.54 Å². The second-order valence-corrected chi connectivity index (χ2v) is 4.18. The molecule has 1 atom stereocenters. The number of hydrogen-bond acceptors (Lipinski definition) is 3. The van der Waals surface area contributed by atoms with Crippen molar-refractivity contribution in [3.8, 4) is 0 Å². The number of amides is 1. The first kappa shape index (κ1) is 13.2. The summed E-state index contributed by atoms with van der Waals surface area (Å²) in [5, 5.41) is 0. The van der Waals surface area contributed by atoms with E-state index in [4.69, 9.17) is 10.5 Å². The Labute approximate surface area is 86.4 Å². The summed E-state index contributed by atoms with van der Waals surface area (Å²) < 4.78 is 5.30. The molecule has 0 rings (SSSR count). The van der Waals surface area contributed by atoms with Crippen molar-refractivity contribution < 1.29 is 9.53 Å². The monoisotopic (exact) mass is 202 g/mol. The van der Waals surface area contributed by atoms with Crippen LogP contribution in [0, 0.1) is 0 Å². The molecule has 4 nitrogen and oxygen atoms in total. The molecule has 0 spiro atoms. The lowest BCUT2D eigenvalue weighted by Crippen LogP contribution is -2.43. The molecule has 0 bridgehead atoms. The molecule has 14 heavy (non-hydrogen) atoms. The number of ether oxygens (including phenoxy) is 1. The van der Waals surface area contributed by atoms with Gasteiger partial charge in [-0.1, -0.05) is 6.92 Å². The summed E-state index contributed by atoms with van der Waals surface area (Å²) in [7, 11) is 1.70. The minimum absolute atomic E-state index is 0.00940. The Bertz CT molecular complexity index is 193. The lowest BCUT2D eigenvalue weighted by atomic mass is 10.1. The largest absolute Gasteiger partial charge is 0.443 e. The maximum absolute atomic E-state index is 11.6. The second kappa shape index (κ2) is 5.20. The molecule has 0 aliphatic rings. The van der Waals surface area contributed by atoms with E-state index in [-0.39, 0.29) is 12.1 Å². The number of nitrogens with zero attached hydrogens (tertiary/aromatic N) is 1. The average Bonchev–Trinajstić information content (AvgIpc) is 2.14. The minimum Gasteiger partial charge on any atom is -0.443 e. The van der Waals surface area contributed by atoms with E-state index in [1.165, 1.54) is 4.90 Å². The standard InChI is InChI=1S/C10H22N2O2/c1-6-10(3,4)14-9(13)12(5)8(2)7-11/h8H,6-7,11H2,1-5H3/t8-/m0/s1. The number of hydrogen-bond donors (Lipinski definition) is 1. The first-order valence-electron chi connectivity index (χ1n) is 5.00. The van der Waals surface area contributed by atoms with Gasteiger partial charge < -0.3 is 15.4 Å². The van der Waals surface area contributed by atoms with Crippen LogP contribution in [-0.4, -0.2) is 36.2 Å². The molecule has 0 saturated heterocycles. The van der Waals surface area contributed by atoms with Crippen LogP contribution in [0.5, 0.6) is 0 Å². The maximum atomic E-state index is 11.6. The fraction of sp³-hybridized carbons (Fsp3) is 0.900. The molecular weight excluding hydrogens is 180 g/mol. The zero-order valence-corrected chi connectivity index (χ0v) is 9.83. The molecule has 0 aromatic rings. The Kier molecular flexibility index (Phi) is 4.91. The van der Waals surface area contributed by atoms with Gasteiger partial charge >= 0.3 is 6.09 Å². The first-order valence-corrected chi connectivity index (χ1v) is 5.00. The predicted octanol–water partition coefficient (Wildman–Crippen LogP) is 1.59. The van der Waals surface area contributed by atoms with Crippen LogP contribution in [0.3, 0.4) is 0 Å². The molecule has 1 amide bonds. The number of likely N-dealkylation sites (N-methyl/N-ethyl adjacent to an activating group) is 1. The number of carbonyl (C=O) groups is 1. The van der Waals surface area contributed by atoms with Crippen LogP contribution in [0.2, 0.25) is 0 Å². The predicted molar refractivity (Wildman–Crippen MR) is 57.1 cm³/mol. The van der Waals surface area contributed by atoms with Gasteiger partial charge in [-0.05, 0) is 27.2 Å². The van der Waals surface area contributed by atoms with E-state index in [1.54, 1.807) is 7.05 Å². The summed E-state index contributed by atoms with van der Waals surface area (Å²) in [4.78, 5) is 13.1. The fourth-order valence-electron chi connectivity index (χ4n) is 0.719. The van der Waals surface area contributed by atoms with Crippen molar-refractivity contribution >= 4 is 6.09 Å². The van der Waals surface area contributed by atoms with Crippen molar-refractivity contribution in [1.82, 2.24) is 4.90 Å². The molecule has 4 heteroatoms. The maximum Gasteiger partial charge on any atom is 0.410 e. The Morgan fingerprint density at radius 2 is 2.07 bits per heavy atom. The molecule has 2 N–H and O–H groups in total. The van der Waals surface area contributed by atoms with E-state index in [9.17, 15) is 4.79 Å². The molecule has 84 valence electrons. The van der Waals surface area contributed by atoms with Crippen LogP contribution in [-0.2, 0) is 4.74 Å². The van der Waals surface area contributed by atoms with Gasteiger partial charge in [0.1, 0.15) is 5.60 Å². The first-order chi connectivity index (χ1) is 6.34. The molecule has 0 heterocycles. The molecule has 0 saturated carbocycles. The lowest BCUT2D eigenvalue weighted by Gasteiger charge is -2.29. The topological polar surface area (TPSA) is 55.6 Å². The third kappa shape index (κ3) is 3.96. The molecular formula is C10H22N2O2. The van der Waals surface area contributed by atoms with Gasteiger partial charge in [-0.2, -0.15) is 0 Å². The van der Waals surface area contributed by atoms with Crippen LogP contribution >= 0.6 is 0 Å². The van der Waals surface area contributed by atoms with Gasteiger partial charge in [0, 0.05) is 19.6 Å².